The third-order valence-corrected chi connectivity index (χ3v) is 9.02. The zero-order chi connectivity index (χ0) is 33.7. The smallest absolute Gasteiger partial charge is 0.395 e. The Labute approximate surface area is 285 Å². The van der Waals surface area contributed by atoms with E-state index in [9.17, 15) is 4.57 Å². The first-order chi connectivity index (χ1) is 24.0. The molecule has 1 aliphatic rings. The lowest BCUT2D eigenvalue weighted by Gasteiger charge is -2.43. The van der Waals surface area contributed by atoms with E-state index in [0.29, 0.717) is 0 Å². The van der Waals surface area contributed by atoms with Crippen molar-refractivity contribution in [1.82, 2.24) is 0 Å². The molecule has 1 saturated heterocycles. The predicted molar refractivity (Wildman–Crippen MR) is 183 cm³/mol. The molecule has 0 amide bonds. The van der Waals surface area contributed by atoms with E-state index in [2.05, 4.69) is 0 Å². The van der Waals surface area contributed by atoms with E-state index < -0.39 is 38.6 Å². The summed E-state index contributed by atoms with van der Waals surface area (Å²) in [6.07, 6.45) is -6.75. The average Bonchev–Trinajstić information content (AvgIpc) is 3.13. The molecule has 0 unspecified atom stereocenters. The van der Waals surface area contributed by atoms with Crippen LogP contribution >= 0.6 is 7.82 Å². The van der Waals surface area contributed by atoms with Gasteiger partial charge in [-0.15, -0.1) is 0 Å². The van der Waals surface area contributed by atoms with Crippen LogP contribution in [0.2, 0.25) is 0 Å². The minimum Gasteiger partial charge on any atom is -0.395 e. The lowest BCUT2D eigenvalue weighted by Crippen LogP contribution is -2.59. The van der Waals surface area contributed by atoms with Crippen molar-refractivity contribution in [1.29, 1.82) is 0 Å². The summed E-state index contributed by atoms with van der Waals surface area (Å²) in [7, 11) is -4.51. The van der Waals surface area contributed by atoms with E-state index in [4.69, 9.17) is 32.5 Å². The number of halogens is 1. The van der Waals surface area contributed by atoms with Crippen LogP contribution in [0.25, 0.3) is 0 Å². The Bertz CT molecular complexity index is 1670. The van der Waals surface area contributed by atoms with E-state index in [1.165, 1.54) is 0 Å². The topological polar surface area (TPSA) is 81.7 Å². The molecule has 1 fully saturated rings. The van der Waals surface area contributed by atoms with Gasteiger partial charge in [-0.25, -0.2) is 13.5 Å². The second-order valence-electron chi connectivity index (χ2n) is 11.4. The second kappa shape index (κ2) is 17.4. The van der Waals surface area contributed by atoms with Crippen molar-refractivity contribution in [3.63, 3.8) is 0 Å². The number of rotatable bonds is 16. The summed E-state index contributed by atoms with van der Waals surface area (Å²) in [5.41, 5.74) is 2.58. The fraction of sp³-hybridized carbons (Fsp3) is 0.231. The molecule has 6 rings (SSSR count). The van der Waals surface area contributed by atoms with Gasteiger partial charge in [0, 0.05) is 0 Å². The molecule has 0 bridgehead atoms. The molecule has 5 atom stereocenters. The summed E-state index contributed by atoms with van der Waals surface area (Å²) in [5, 5.41) is 0. The Morgan fingerprint density at radius 3 is 1.43 bits per heavy atom. The number of phosphoric ester groups is 1. The number of para-hydroxylation sites is 2. The summed E-state index contributed by atoms with van der Waals surface area (Å²) in [5.74, 6) is 0.477. The fourth-order valence-corrected chi connectivity index (χ4v) is 6.57. The molecule has 0 aliphatic carbocycles. The van der Waals surface area contributed by atoms with Crippen molar-refractivity contribution >= 4 is 7.82 Å². The highest BCUT2D eigenvalue weighted by atomic mass is 31.2. The van der Waals surface area contributed by atoms with Crippen LogP contribution in [0.3, 0.4) is 0 Å². The molecule has 0 spiro atoms. The molecule has 254 valence electrons. The average molecular weight is 685 g/mol. The number of hydrogen-bond acceptors (Lipinski definition) is 8. The van der Waals surface area contributed by atoms with Crippen LogP contribution < -0.4 is 9.05 Å². The monoisotopic (exact) mass is 684 g/mol. The third-order valence-electron chi connectivity index (χ3n) is 7.69. The van der Waals surface area contributed by atoms with Gasteiger partial charge in [0.05, 0.1) is 26.4 Å². The Hall–Kier alpha value is -4.34. The highest BCUT2D eigenvalue weighted by molar-refractivity contribution is 7.49. The Morgan fingerprint density at radius 1 is 0.551 bits per heavy atom. The fourth-order valence-electron chi connectivity index (χ4n) is 5.26. The second-order valence-corrected chi connectivity index (χ2v) is 12.8. The zero-order valence-corrected chi connectivity index (χ0v) is 27.6. The van der Waals surface area contributed by atoms with Crippen LogP contribution in [-0.2, 0) is 47.9 Å². The van der Waals surface area contributed by atoms with E-state index >= 15 is 4.39 Å². The van der Waals surface area contributed by atoms with Gasteiger partial charge in [0.25, 0.3) is 0 Å². The van der Waals surface area contributed by atoms with Gasteiger partial charge in [-0.3, -0.25) is 0 Å². The molecular weight excluding hydrogens is 646 g/mol. The van der Waals surface area contributed by atoms with Gasteiger partial charge >= 0.3 is 7.82 Å². The summed E-state index contributed by atoms with van der Waals surface area (Å²) in [4.78, 5) is 0. The SMILES string of the molecule is O=P(Oc1ccccc1)(Oc1ccccc1)O[C@H]1O[C@H](COCc2ccccc2)[C@@H](F)[C@H](OCc2ccccc2)[C@H]1OCc1ccccc1. The standard InChI is InChI=1S/C39H38FO8P/c40-36-35(29-42-26-30-16-6-1-7-17-30)45-39(48-49(41,46-33-22-12-4-13-23-33)47-34-24-14-5-15-25-34)38(44-28-32-20-10-3-11-21-32)37(36)43-27-31-18-8-2-9-19-31/h1-25,35-39H,26-29H2/t35-,36-,37+,38-,39-/m1/s1. The van der Waals surface area contributed by atoms with E-state index in [-0.39, 0.29) is 37.9 Å². The van der Waals surface area contributed by atoms with Gasteiger partial charge < -0.3 is 28.0 Å². The minimum atomic E-state index is -4.51. The van der Waals surface area contributed by atoms with Crippen molar-refractivity contribution in [2.24, 2.45) is 0 Å². The maximum atomic E-state index is 16.6. The van der Waals surface area contributed by atoms with E-state index in [1.54, 1.807) is 60.7 Å². The van der Waals surface area contributed by atoms with Crippen LogP contribution in [0.5, 0.6) is 11.5 Å². The molecule has 0 saturated carbocycles. The first-order valence-electron chi connectivity index (χ1n) is 16.0. The predicted octanol–water partition coefficient (Wildman–Crippen LogP) is 8.72. The third kappa shape index (κ3) is 10.1. The largest absolute Gasteiger partial charge is 0.590 e. The van der Waals surface area contributed by atoms with E-state index in [1.807, 2.05) is 91.0 Å². The Balaban J connectivity index is 1.31. The van der Waals surface area contributed by atoms with Crippen molar-refractivity contribution < 1.29 is 41.5 Å². The molecule has 1 aliphatic heterocycles. The molecule has 1 heterocycles. The summed E-state index contributed by atoms with van der Waals surface area (Å²) < 4.78 is 73.9. The minimum absolute atomic E-state index is 0.0746. The number of alkyl halides is 1. The van der Waals surface area contributed by atoms with Gasteiger partial charge in [0.1, 0.15) is 29.8 Å². The number of benzene rings is 5. The van der Waals surface area contributed by atoms with Crippen LogP contribution in [0.15, 0.2) is 152 Å². The lowest BCUT2D eigenvalue weighted by molar-refractivity contribution is -0.292. The van der Waals surface area contributed by atoms with Crippen LogP contribution in [0, 0.1) is 0 Å². The summed E-state index contributed by atoms with van der Waals surface area (Å²) in [6, 6.07) is 45.4. The van der Waals surface area contributed by atoms with Crippen LogP contribution in [0.1, 0.15) is 16.7 Å². The zero-order valence-electron chi connectivity index (χ0n) is 26.7. The molecular formula is C39H38FO8P. The van der Waals surface area contributed by atoms with Gasteiger partial charge in [-0.05, 0) is 41.0 Å². The first-order valence-corrected chi connectivity index (χ1v) is 17.5. The molecule has 0 radical (unpaired) electrons. The van der Waals surface area contributed by atoms with Gasteiger partial charge in [-0.1, -0.05) is 127 Å². The number of hydrogen-bond donors (Lipinski definition) is 0. The molecule has 0 aromatic heterocycles. The van der Waals surface area contributed by atoms with Crippen LogP contribution in [0.4, 0.5) is 4.39 Å². The normalized spacial score (nSPS) is 20.8. The Morgan fingerprint density at radius 2 is 0.959 bits per heavy atom. The quantitative estimate of drug-likeness (QED) is 0.0956. The molecule has 8 nitrogen and oxygen atoms in total. The van der Waals surface area contributed by atoms with Crippen molar-refractivity contribution in [3.05, 3.63) is 168 Å². The van der Waals surface area contributed by atoms with Crippen molar-refractivity contribution in [2.45, 2.75) is 50.6 Å². The number of ether oxygens (including phenoxy) is 4. The first kappa shape index (κ1) is 34.5. The molecule has 0 N–H and O–H groups in total. The summed E-state index contributed by atoms with van der Waals surface area (Å²) in [6.45, 7) is 0.246. The summed E-state index contributed by atoms with van der Waals surface area (Å²) >= 11 is 0. The molecule has 49 heavy (non-hydrogen) atoms. The molecule has 5 aromatic rings. The maximum absolute atomic E-state index is 16.6. The van der Waals surface area contributed by atoms with Crippen LogP contribution in [-0.4, -0.2) is 37.4 Å². The van der Waals surface area contributed by atoms with E-state index in [0.717, 1.165) is 16.7 Å². The Kier molecular flexibility index (Phi) is 12.2. The maximum Gasteiger partial charge on any atom is 0.590 e. The van der Waals surface area contributed by atoms with Gasteiger partial charge in [0.15, 0.2) is 6.17 Å². The molecule has 10 heteroatoms. The lowest BCUT2D eigenvalue weighted by atomic mass is 9.99. The van der Waals surface area contributed by atoms with Crippen molar-refractivity contribution in [3.8, 4) is 11.5 Å². The van der Waals surface area contributed by atoms with Gasteiger partial charge in [-0.2, -0.15) is 0 Å². The highest BCUT2D eigenvalue weighted by Gasteiger charge is 2.52. The number of phosphoric acid groups is 1. The van der Waals surface area contributed by atoms with Crippen molar-refractivity contribution in [2.75, 3.05) is 6.61 Å². The highest BCUT2D eigenvalue weighted by Crippen LogP contribution is 2.52. The molecule has 5 aromatic carbocycles. The van der Waals surface area contributed by atoms with Gasteiger partial charge in [0.2, 0.25) is 6.29 Å².